The zero-order valence-electron chi connectivity index (χ0n) is 23.9. The van der Waals surface area contributed by atoms with Gasteiger partial charge in [-0.15, -0.1) is 10.2 Å². The lowest BCUT2D eigenvalue weighted by molar-refractivity contribution is -0.139. The molecule has 2 amide bonds. The van der Waals surface area contributed by atoms with Gasteiger partial charge in [0.15, 0.2) is 17.0 Å². The van der Waals surface area contributed by atoms with Gasteiger partial charge in [0.05, 0.1) is 17.5 Å². The van der Waals surface area contributed by atoms with Crippen molar-refractivity contribution in [3.63, 3.8) is 0 Å². The summed E-state index contributed by atoms with van der Waals surface area (Å²) in [7, 11) is 0. The molecule has 0 aliphatic rings. The highest BCUT2D eigenvalue weighted by Gasteiger charge is 2.21. The van der Waals surface area contributed by atoms with Crippen LogP contribution in [0.25, 0.3) is 22.6 Å². The number of hydrogen-bond acceptors (Lipinski definition) is 13. The molecule has 5 rings (SSSR count). The average molecular weight is 613 g/mol. The monoisotopic (exact) mass is 612 g/mol. The highest BCUT2D eigenvalue weighted by molar-refractivity contribution is 6.00. The number of fused-ring (bicyclic) bond motifs is 1. The number of hydrogen-bond donors (Lipinski definition) is 6. The first kappa shape index (κ1) is 30.2. The fraction of sp³-hybridized carbons (Fsp3) is 0.214. The van der Waals surface area contributed by atoms with Crippen molar-refractivity contribution in [1.82, 2.24) is 51.2 Å². The van der Waals surface area contributed by atoms with E-state index in [9.17, 15) is 19.5 Å². The fourth-order valence-corrected chi connectivity index (χ4v) is 4.33. The summed E-state index contributed by atoms with van der Waals surface area (Å²) in [6.07, 6.45) is 1.86. The summed E-state index contributed by atoms with van der Waals surface area (Å²) >= 11 is 0. The molecule has 3 heterocycles. The Kier molecular flexibility index (Phi) is 8.97. The van der Waals surface area contributed by atoms with Gasteiger partial charge in [0.2, 0.25) is 11.8 Å². The minimum absolute atomic E-state index is 0.00326. The molecular formula is C28H28N12O5. The molecule has 5 aromatic rings. The van der Waals surface area contributed by atoms with Crippen LogP contribution >= 0.6 is 0 Å². The maximum absolute atomic E-state index is 12.8. The van der Waals surface area contributed by atoms with Crippen LogP contribution in [0.1, 0.15) is 44.8 Å². The predicted molar refractivity (Wildman–Crippen MR) is 160 cm³/mol. The second kappa shape index (κ2) is 13.4. The van der Waals surface area contributed by atoms with E-state index in [0.717, 1.165) is 5.56 Å². The summed E-state index contributed by atoms with van der Waals surface area (Å²) < 4.78 is 5.73. The van der Waals surface area contributed by atoms with Crippen molar-refractivity contribution < 1.29 is 24.2 Å². The largest absolute Gasteiger partial charge is 0.487 e. The normalized spacial score (nSPS) is 11.6. The molecular weight excluding hydrogens is 584 g/mol. The number of carbonyl (C=O) groups is 3. The third kappa shape index (κ3) is 7.39. The average Bonchev–Trinajstić information content (AvgIpc) is 3.56. The molecule has 0 bridgehead atoms. The molecule has 17 nitrogen and oxygen atoms in total. The van der Waals surface area contributed by atoms with Crippen molar-refractivity contribution in [2.24, 2.45) is 0 Å². The number of anilines is 2. The van der Waals surface area contributed by atoms with Crippen LogP contribution in [-0.2, 0) is 11.4 Å². The van der Waals surface area contributed by atoms with Gasteiger partial charge in [-0.1, -0.05) is 11.6 Å². The Hall–Kier alpha value is -6.26. The fourth-order valence-electron chi connectivity index (χ4n) is 4.33. The third-order valence-corrected chi connectivity index (χ3v) is 6.57. The molecule has 2 aromatic carbocycles. The molecule has 17 heteroatoms. The van der Waals surface area contributed by atoms with Crippen LogP contribution < -0.4 is 26.8 Å². The van der Waals surface area contributed by atoms with E-state index in [0.29, 0.717) is 34.5 Å². The summed E-state index contributed by atoms with van der Waals surface area (Å²) in [4.78, 5) is 53.8. The van der Waals surface area contributed by atoms with Gasteiger partial charge >= 0.3 is 5.97 Å². The number of amides is 2. The van der Waals surface area contributed by atoms with Crippen LogP contribution in [0.4, 0.5) is 11.8 Å². The molecule has 0 fully saturated rings. The zero-order valence-corrected chi connectivity index (χ0v) is 23.9. The second-order valence-corrected chi connectivity index (χ2v) is 9.86. The number of nitrogen functional groups attached to an aromatic ring is 2. The van der Waals surface area contributed by atoms with E-state index in [-0.39, 0.29) is 54.3 Å². The molecule has 8 N–H and O–H groups in total. The lowest BCUT2D eigenvalue weighted by atomic mass is 10.0. The lowest BCUT2D eigenvalue weighted by Crippen LogP contribution is -2.41. The number of nitrogens with two attached hydrogens (primary N) is 2. The zero-order chi connectivity index (χ0) is 31.9. The second-order valence-electron chi connectivity index (χ2n) is 9.86. The molecule has 0 spiro atoms. The van der Waals surface area contributed by atoms with Gasteiger partial charge in [0, 0.05) is 17.7 Å². The number of nitrogens with zero attached hydrogens (tertiary/aromatic N) is 7. The van der Waals surface area contributed by atoms with Crippen molar-refractivity contribution in [2.75, 3.05) is 18.0 Å². The van der Waals surface area contributed by atoms with E-state index in [1.807, 2.05) is 6.92 Å². The number of carboxylic acid groups (broad SMARTS) is 1. The Bertz CT molecular complexity index is 1850. The minimum Gasteiger partial charge on any atom is -0.487 e. The molecule has 0 aliphatic carbocycles. The smallest absolute Gasteiger partial charge is 0.326 e. The number of tetrazole rings is 1. The molecule has 1 atom stereocenters. The Morgan fingerprint density at radius 3 is 2.58 bits per heavy atom. The first-order valence-electron chi connectivity index (χ1n) is 13.6. The van der Waals surface area contributed by atoms with E-state index >= 15 is 0 Å². The number of rotatable bonds is 12. The van der Waals surface area contributed by atoms with Gasteiger partial charge in [0.1, 0.15) is 18.4 Å². The summed E-state index contributed by atoms with van der Waals surface area (Å²) in [5.74, 6) is -1.32. The number of aryl methyl sites for hydroxylation is 1. The standard InChI is InChI=1S/C28H28N12O5/c1-14-4-9-18(19(11-14)23-37-39-40-38-23)26(42)31-10-2-3-20(27(43)44)34-25(41)15-5-7-17(8-6-15)45-13-16-12-32-24-21(33-16)22(29)35-28(30)36-24/h4-9,11-12,20H,2-3,10,13H2,1H3,(H,31,42)(H,34,41)(H,43,44)(H,37,38,39,40)(H4,29,30,32,35,36)/t20-/m0/s1. The summed E-state index contributed by atoms with van der Waals surface area (Å²) in [6.45, 7) is 2.11. The molecule has 230 valence electrons. The number of ether oxygens (including phenoxy) is 1. The number of aromatic nitrogens is 8. The summed E-state index contributed by atoms with van der Waals surface area (Å²) in [6, 6.07) is 10.2. The van der Waals surface area contributed by atoms with Crippen LogP contribution in [0.2, 0.25) is 0 Å². The van der Waals surface area contributed by atoms with Gasteiger partial charge in [0.25, 0.3) is 11.8 Å². The van der Waals surface area contributed by atoms with E-state index in [1.54, 1.807) is 30.3 Å². The van der Waals surface area contributed by atoms with Gasteiger partial charge in [-0.05, 0) is 61.4 Å². The van der Waals surface area contributed by atoms with Gasteiger partial charge in [-0.3, -0.25) is 9.59 Å². The van der Waals surface area contributed by atoms with Crippen LogP contribution in [0.15, 0.2) is 48.7 Å². The van der Waals surface area contributed by atoms with Crippen LogP contribution in [0.3, 0.4) is 0 Å². The number of carbonyl (C=O) groups excluding carboxylic acids is 2. The Balaban J connectivity index is 1.11. The highest BCUT2D eigenvalue weighted by Crippen LogP contribution is 2.21. The van der Waals surface area contributed by atoms with Gasteiger partial charge in [-0.2, -0.15) is 15.2 Å². The number of carboxylic acids is 1. The first-order valence-corrected chi connectivity index (χ1v) is 13.6. The van der Waals surface area contributed by atoms with Crippen molar-refractivity contribution in [3.8, 4) is 17.1 Å². The minimum atomic E-state index is -1.20. The van der Waals surface area contributed by atoms with Crippen molar-refractivity contribution >= 4 is 40.7 Å². The number of H-pyrrole nitrogens is 1. The molecule has 45 heavy (non-hydrogen) atoms. The van der Waals surface area contributed by atoms with Gasteiger partial charge < -0.3 is 31.9 Å². The Morgan fingerprint density at radius 2 is 1.84 bits per heavy atom. The molecule has 0 saturated carbocycles. The van der Waals surface area contributed by atoms with Crippen molar-refractivity contribution in [2.45, 2.75) is 32.4 Å². The maximum Gasteiger partial charge on any atom is 0.326 e. The molecule has 0 unspecified atom stereocenters. The van der Waals surface area contributed by atoms with E-state index < -0.39 is 17.9 Å². The van der Waals surface area contributed by atoms with E-state index in [1.165, 1.54) is 18.3 Å². The molecule has 0 aliphatic heterocycles. The summed E-state index contributed by atoms with van der Waals surface area (Å²) in [5, 5.41) is 28.8. The van der Waals surface area contributed by atoms with E-state index in [2.05, 4.69) is 51.2 Å². The maximum atomic E-state index is 12.8. The number of benzene rings is 2. The number of nitrogens with one attached hydrogen (secondary N) is 3. The molecule has 0 saturated heterocycles. The topological polar surface area (TPSA) is 263 Å². The van der Waals surface area contributed by atoms with Crippen LogP contribution in [0.5, 0.6) is 5.75 Å². The third-order valence-electron chi connectivity index (χ3n) is 6.57. The quantitative estimate of drug-likeness (QED) is 0.108. The van der Waals surface area contributed by atoms with Gasteiger partial charge in [-0.25, -0.2) is 14.8 Å². The molecule has 0 radical (unpaired) electrons. The molecule has 3 aromatic heterocycles. The number of aliphatic carboxylic acids is 1. The highest BCUT2D eigenvalue weighted by atomic mass is 16.5. The van der Waals surface area contributed by atoms with Crippen LogP contribution in [-0.4, -0.2) is 76.0 Å². The first-order chi connectivity index (χ1) is 21.7. The van der Waals surface area contributed by atoms with Crippen LogP contribution in [0, 0.1) is 6.92 Å². The number of aromatic amines is 1. The Morgan fingerprint density at radius 1 is 1.04 bits per heavy atom. The van der Waals surface area contributed by atoms with E-state index in [4.69, 9.17) is 16.2 Å². The van der Waals surface area contributed by atoms with Crippen molar-refractivity contribution in [1.29, 1.82) is 0 Å². The summed E-state index contributed by atoms with van der Waals surface area (Å²) in [5.41, 5.74) is 14.5. The van der Waals surface area contributed by atoms with Crippen molar-refractivity contribution in [3.05, 3.63) is 71.0 Å². The lowest BCUT2D eigenvalue weighted by Gasteiger charge is -2.15. The predicted octanol–water partition coefficient (Wildman–Crippen LogP) is 1.04. The SMILES string of the molecule is Cc1ccc(C(=O)NCCC[C@H](NC(=O)c2ccc(OCc3cnc4nc(N)nc(N)c4n3)cc2)C(=O)O)c(-c2nn[nH]n2)c1. The Labute approximate surface area is 254 Å².